The fourth-order valence-electron chi connectivity index (χ4n) is 2.11. The van der Waals surface area contributed by atoms with Crippen LogP contribution < -0.4 is 4.90 Å². The SMILES string of the molecule is CN(C(=O)N1CCC[C@H]1C(=O)O)c1cccnc1. The van der Waals surface area contributed by atoms with Crippen molar-refractivity contribution in [3.05, 3.63) is 24.5 Å². The van der Waals surface area contributed by atoms with Gasteiger partial charge in [-0.2, -0.15) is 0 Å². The van der Waals surface area contributed by atoms with Crippen molar-refractivity contribution in [2.45, 2.75) is 18.9 Å². The highest BCUT2D eigenvalue weighted by Crippen LogP contribution is 2.21. The first kappa shape index (κ1) is 12.3. The van der Waals surface area contributed by atoms with Gasteiger partial charge in [0, 0.05) is 19.8 Å². The van der Waals surface area contributed by atoms with Gasteiger partial charge in [-0.15, -0.1) is 0 Å². The number of carbonyl (C=O) groups excluding carboxylic acids is 1. The molecule has 1 aliphatic rings. The smallest absolute Gasteiger partial charge is 0.326 e. The van der Waals surface area contributed by atoms with Crippen LogP contribution in [0.1, 0.15) is 12.8 Å². The summed E-state index contributed by atoms with van der Waals surface area (Å²) in [7, 11) is 1.62. The molecule has 0 aromatic carbocycles. The quantitative estimate of drug-likeness (QED) is 0.854. The number of nitrogens with zero attached hydrogens (tertiary/aromatic N) is 3. The second-order valence-corrected chi connectivity index (χ2v) is 4.24. The Balaban J connectivity index is 2.14. The molecule has 1 N–H and O–H groups in total. The van der Waals surface area contributed by atoms with Gasteiger partial charge in [0.1, 0.15) is 6.04 Å². The summed E-state index contributed by atoms with van der Waals surface area (Å²) in [6, 6.07) is 2.48. The van der Waals surface area contributed by atoms with Crippen LogP contribution in [-0.2, 0) is 4.79 Å². The minimum Gasteiger partial charge on any atom is -0.480 e. The minimum absolute atomic E-state index is 0.298. The number of hydrogen-bond acceptors (Lipinski definition) is 3. The zero-order valence-corrected chi connectivity index (χ0v) is 10.1. The van der Waals surface area contributed by atoms with Gasteiger partial charge in [-0.25, -0.2) is 9.59 Å². The summed E-state index contributed by atoms with van der Waals surface area (Å²) in [5.74, 6) is -0.944. The molecular formula is C12H15N3O3. The van der Waals surface area contributed by atoms with Crippen LogP contribution in [0.3, 0.4) is 0 Å². The van der Waals surface area contributed by atoms with Crippen molar-refractivity contribution in [2.75, 3.05) is 18.5 Å². The summed E-state index contributed by atoms with van der Waals surface area (Å²) in [6.45, 7) is 0.487. The summed E-state index contributed by atoms with van der Waals surface area (Å²) in [4.78, 5) is 30.0. The molecular weight excluding hydrogens is 234 g/mol. The fourth-order valence-corrected chi connectivity index (χ4v) is 2.11. The average molecular weight is 249 g/mol. The maximum absolute atomic E-state index is 12.2. The lowest BCUT2D eigenvalue weighted by atomic mass is 10.2. The number of aliphatic carboxylic acids is 1. The van der Waals surface area contributed by atoms with E-state index in [4.69, 9.17) is 5.11 Å². The number of carboxylic acids is 1. The summed E-state index contributed by atoms with van der Waals surface area (Å²) in [6.07, 6.45) is 4.44. The lowest BCUT2D eigenvalue weighted by Gasteiger charge is -2.27. The molecule has 0 unspecified atom stereocenters. The van der Waals surface area contributed by atoms with Crippen molar-refractivity contribution in [3.63, 3.8) is 0 Å². The van der Waals surface area contributed by atoms with E-state index in [1.807, 2.05) is 0 Å². The Bertz CT molecular complexity index is 449. The van der Waals surface area contributed by atoms with E-state index in [9.17, 15) is 9.59 Å². The van der Waals surface area contributed by atoms with Gasteiger partial charge in [0.2, 0.25) is 0 Å². The predicted molar refractivity (Wildman–Crippen MR) is 65.4 cm³/mol. The zero-order valence-electron chi connectivity index (χ0n) is 10.1. The molecule has 0 aliphatic carbocycles. The zero-order chi connectivity index (χ0) is 13.1. The number of urea groups is 1. The van der Waals surface area contributed by atoms with Gasteiger partial charge in [0.05, 0.1) is 11.9 Å². The molecule has 0 bridgehead atoms. The Morgan fingerprint density at radius 3 is 2.94 bits per heavy atom. The Hall–Kier alpha value is -2.11. The normalized spacial score (nSPS) is 18.7. The second kappa shape index (κ2) is 5.03. The van der Waals surface area contributed by atoms with E-state index in [1.165, 1.54) is 9.80 Å². The van der Waals surface area contributed by atoms with Gasteiger partial charge in [0.15, 0.2) is 0 Å². The first-order valence-corrected chi connectivity index (χ1v) is 5.78. The Morgan fingerprint density at radius 2 is 2.33 bits per heavy atom. The Labute approximate surface area is 105 Å². The van der Waals surface area contributed by atoms with Crippen LogP contribution in [0.5, 0.6) is 0 Å². The molecule has 1 aromatic rings. The maximum atomic E-state index is 12.2. The number of anilines is 1. The lowest BCUT2D eigenvalue weighted by molar-refractivity contribution is -0.141. The third-order valence-electron chi connectivity index (χ3n) is 3.10. The second-order valence-electron chi connectivity index (χ2n) is 4.24. The van der Waals surface area contributed by atoms with Crippen LogP contribution in [0.25, 0.3) is 0 Å². The molecule has 2 amide bonds. The number of carbonyl (C=O) groups is 2. The molecule has 2 rings (SSSR count). The molecule has 2 heterocycles. The van der Waals surface area contributed by atoms with E-state index >= 15 is 0 Å². The largest absolute Gasteiger partial charge is 0.480 e. The standard InChI is InChI=1S/C12H15N3O3/c1-14(9-4-2-6-13-8-9)12(18)15-7-3-5-10(15)11(16)17/h2,4,6,8,10H,3,5,7H2,1H3,(H,16,17)/t10-/m0/s1. The lowest BCUT2D eigenvalue weighted by Crippen LogP contribution is -2.46. The molecule has 1 fully saturated rings. The van der Waals surface area contributed by atoms with Crippen LogP contribution in [0.15, 0.2) is 24.5 Å². The number of rotatable bonds is 2. The number of amides is 2. The Morgan fingerprint density at radius 1 is 1.56 bits per heavy atom. The molecule has 1 aliphatic heterocycles. The van der Waals surface area contributed by atoms with Crippen molar-refractivity contribution in [1.29, 1.82) is 0 Å². The molecule has 0 spiro atoms. The summed E-state index contributed by atoms with van der Waals surface area (Å²) in [5.41, 5.74) is 0.651. The van der Waals surface area contributed by atoms with Gasteiger partial charge in [-0.3, -0.25) is 9.88 Å². The molecule has 18 heavy (non-hydrogen) atoms. The highest BCUT2D eigenvalue weighted by molar-refractivity contribution is 5.94. The number of pyridine rings is 1. The van der Waals surface area contributed by atoms with Crippen LogP contribution in [0.4, 0.5) is 10.5 Å². The molecule has 1 aromatic heterocycles. The predicted octanol–water partition coefficient (Wildman–Crippen LogP) is 1.19. The summed E-state index contributed by atoms with van der Waals surface area (Å²) < 4.78 is 0. The number of hydrogen-bond donors (Lipinski definition) is 1. The summed E-state index contributed by atoms with van der Waals surface area (Å²) >= 11 is 0. The topological polar surface area (TPSA) is 73.7 Å². The van der Waals surface area contributed by atoms with Crippen LogP contribution in [-0.4, -0.2) is 46.6 Å². The van der Waals surface area contributed by atoms with Gasteiger partial charge < -0.3 is 10.0 Å². The first-order valence-electron chi connectivity index (χ1n) is 5.78. The monoisotopic (exact) mass is 249 g/mol. The maximum Gasteiger partial charge on any atom is 0.326 e. The van der Waals surface area contributed by atoms with Crippen molar-refractivity contribution in [1.82, 2.24) is 9.88 Å². The van der Waals surface area contributed by atoms with Crippen LogP contribution in [0, 0.1) is 0 Å². The third kappa shape index (κ3) is 2.27. The molecule has 96 valence electrons. The van der Waals surface area contributed by atoms with E-state index in [0.29, 0.717) is 18.7 Å². The van der Waals surface area contributed by atoms with Gasteiger partial charge >= 0.3 is 12.0 Å². The Kier molecular flexibility index (Phi) is 3.45. The highest BCUT2D eigenvalue weighted by Gasteiger charge is 2.35. The number of likely N-dealkylation sites (tertiary alicyclic amines) is 1. The molecule has 0 radical (unpaired) electrons. The molecule has 6 nitrogen and oxygen atoms in total. The number of carboxylic acid groups (broad SMARTS) is 1. The third-order valence-corrected chi connectivity index (χ3v) is 3.10. The summed E-state index contributed by atoms with van der Waals surface area (Å²) in [5, 5.41) is 9.06. The van der Waals surface area contributed by atoms with Gasteiger partial charge in [-0.05, 0) is 25.0 Å². The average Bonchev–Trinajstić information content (AvgIpc) is 2.87. The van der Waals surface area contributed by atoms with Crippen molar-refractivity contribution in [3.8, 4) is 0 Å². The van der Waals surface area contributed by atoms with Gasteiger partial charge in [0.25, 0.3) is 0 Å². The van der Waals surface area contributed by atoms with E-state index in [1.54, 1.807) is 31.6 Å². The molecule has 0 saturated carbocycles. The van der Waals surface area contributed by atoms with Crippen molar-refractivity contribution >= 4 is 17.7 Å². The molecule has 1 saturated heterocycles. The molecule has 1 atom stereocenters. The van der Waals surface area contributed by atoms with Crippen LogP contribution >= 0.6 is 0 Å². The minimum atomic E-state index is -0.944. The van der Waals surface area contributed by atoms with Crippen molar-refractivity contribution < 1.29 is 14.7 Å². The fraction of sp³-hybridized carbons (Fsp3) is 0.417. The highest BCUT2D eigenvalue weighted by atomic mass is 16.4. The van der Waals surface area contributed by atoms with E-state index in [0.717, 1.165) is 6.42 Å². The van der Waals surface area contributed by atoms with E-state index in [-0.39, 0.29) is 6.03 Å². The van der Waals surface area contributed by atoms with Gasteiger partial charge in [-0.1, -0.05) is 0 Å². The van der Waals surface area contributed by atoms with Crippen LogP contribution in [0.2, 0.25) is 0 Å². The van der Waals surface area contributed by atoms with E-state index in [2.05, 4.69) is 4.98 Å². The van der Waals surface area contributed by atoms with E-state index < -0.39 is 12.0 Å². The molecule has 6 heteroatoms. The number of aromatic nitrogens is 1. The first-order chi connectivity index (χ1) is 8.61. The van der Waals surface area contributed by atoms with Crippen molar-refractivity contribution in [2.24, 2.45) is 0 Å².